The van der Waals surface area contributed by atoms with Crippen LogP contribution in [-0.4, -0.2) is 18.1 Å². The van der Waals surface area contributed by atoms with E-state index in [4.69, 9.17) is 5.26 Å². The monoisotopic (exact) mass is 230 g/mol. The second-order valence-electron chi connectivity index (χ2n) is 2.65. The smallest absolute Gasteiger partial charge is 0.342 e. The van der Waals surface area contributed by atoms with Gasteiger partial charge in [-0.25, -0.2) is 18.0 Å². The summed E-state index contributed by atoms with van der Waals surface area (Å²) in [6, 6.07) is 1.32. The number of rotatable bonds is 2. The normalized spacial score (nSPS) is 10.0. The lowest BCUT2D eigenvalue weighted by atomic mass is 10.1. The molecule has 0 atom stereocenters. The number of pyridine rings is 1. The highest BCUT2D eigenvalue weighted by atomic mass is 19.3. The summed E-state index contributed by atoms with van der Waals surface area (Å²) in [7, 11) is 0.950. The molecule has 16 heavy (non-hydrogen) atoms. The summed E-state index contributed by atoms with van der Waals surface area (Å²) in [5.41, 5.74) is -2.57. The number of carbonyl (C=O) groups excluding carboxylic acids is 1. The standard InChI is InChI=1S/C9H5F3N2O2/c1-16-9(15)6-4(2-13)7(8(11)12)14-3-5(6)10/h3,8H,1H3. The minimum Gasteiger partial charge on any atom is -0.465 e. The van der Waals surface area contributed by atoms with Crippen molar-refractivity contribution >= 4 is 5.97 Å². The number of hydrogen-bond donors (Lipinski definition) is 0. The Balaban J connectivity index is 3.52. The number of hydrogen-bond acceptors (Lipinski definition) is 4. The molecule has 1 rings (SSSR count). The van der Waals surface area contributed by atoms with Crippen LogP contribution in [0.3, 0.4) is 0 Å². The summed E-state index contributed by atoms with van der Waals surface area (Å²) in [6.07, 6.45) is -2.62. The highest BCUT2D eigenvalue weighted by Gasteiger charge is 2.25. The first-order valence-corrected chi connectivity index (χ1v) is 3.97. The zero-order valence-corrected chi connectivity index (χ0v) is 8.00. The fraction of sp³-hybridized carbons (Fsp3) is 0.222. The largest absolute Gasteiger partial charge is 0.465 e. The van der Waals surface area contributed by atoms with Crippen LogP contribution in [0.25, 0.3) is 0 Å². The van der Waals surface area contributed by atoms with Crippen LogP contribution in [0.4, 0.5) is 13.2 Å². The lowest BCUT2D eigenvalue weighted by molar-refractivity contribution is 0.0594. The van der Waals surface area contributed by atoms with Gasteiger partial charge in [-0.15, -0.1) is 0 Å². The van der Waals surface area contributed by atoms with Crippen LogP contribution in [0.5, 0.6) is 0 Å². The fourth-order valence-electron chi connectivity index (χ4n) is 1.08. The molecule has 1 aromatic rings. The van der Waals surface area contributed by atoms with E-state index in [2.05, 4.69) is 9.72 Å². The maximum absolute atomic E-state index is 13.2. The zero-order chi connectivity index (χ0) is 12.3. The van der Waals surface area contributed by atoms with Gasteiger partial charge in [0.2, 0.25) is 0 Å². The van der Waals surface area contributed by atoms with Crippen LogP contribution >= 0.6 is 0 Å². The maximum Gasteiger partial charge on any atom is 0.342 e. The molecule has 0 unspecified atom stereocenters. The molecule has 0 saturated heterocycles. The molecule has 0 spiro atoms. The molecule has 4 nitrogen and oxygen atoms in total. The van der Waals surface area contributed by atoms with Crippen LogP contribution in [0, 0.1) is 17.1 Å². The molecule has 0 aliphatic rings. The Morgan fingerprint density at radius 2 is 2.25 bits per heavy atom. The van der Waals surface area contributed by atoms with E-state index < -0.39 is 35.0 Å². The topological polar surface area (TPSA) is 63.0 Å². The quantitative estimate of drug-likeness (QED) is 0.727. The second-order valence-corrected chi connectivity index (χ2v) is 2.65. The van der Waals surface area contributed by atoms with E-state index in [0.717, 1.165) is 7.11 Å². The number of esters is 1. The van der Waals surface area contributed by atoms with Crippen molar-refractivity contribution in [1.29, 1.82) is 5.26 Å². The lowest BCUT2D eigenvalue weighted by Crippen LogP contribution is -2.11. The molecule has 1 heterocycles. The van der Waals surface area contributed by atoms with E-state index >= 15 is 0 Å². The average molecular weight is 230 g/mol. The van der Waals surface area contributed by atoms with Gasteiger partial charge in [0.15, 0.2) is 5.82 Å². The fourth-order valence-corrected chi connectivity index (χ4v) is 1.08. The summed E-state index contributed by atoms with van der Waals surface area (Å²) in [6.45, 7) is 0. The first-order chi connectivity index (χ1) is 7.52. The van der Waals surface area contributed by atoms with Gasteiger partial charge in [0.1, 0.15) is 17.3 Å². The predicted molar refractivity (Wildman–Crippen MR) is 45.2 cm³/mol. The number of nitriles is 1. The Hall–Kier alpha value is -2.10. The summed E-state index contributed by atoms with van der Waals surface area (Å²) >= 11 is 0. The van der Waals surface area contributed by atoms with Gasteiger partial charge >= 0.3 is 5.97 Å². The van der Waals surface area contributed by atoms with Gasteiger partial charge < -0.3 is 4.74 Å². The Labute approximate surface area is 88.3 Å². The summed E-state index contributed by atoms with van der Waals surface area (Å²) in [5.74, 6) is -2.37. The number of halogens is 3. The summed E-state index contributed by atoms with van der Waals surface area (Å²) in [5, 5.41) is 8.62. The maximum atomic E-state index is 13.2. The molecular formula is C9H5F3N2O2. The van der Waals surface area contributed by atoms with Crippen molar-refractivity contribution in [2.75, 3.05) is 7.11 Å². The molecule has 0 fully saturated rings. The SMILES string of the molecule is COC(=O)c1c(F)cnc(C(F)F)c1C#N. The highest BCUT2D eigenvalue weighted by molar-refractivity contribution is 5.92. The van der Waals surface area contributed by atoms with Crippen molar-refractivity contribution in [2.45, 2.75) is 6.43 Å². The van der Waals surface area contributed by atoms with Gasteiger partial charge in [0.25, 0.3) is 6.43 Å². The van der Waals surface area contributed by atoms with Crippen molar-refractivity contribution in [3.63, 3.8) is 0 Å². The first kappa shape index (κ1) is 12.0. The molecule has 7 heteroatoms. The molecule has 84 valence electrons. The predicted octanol–water partition coefficient (Wildman–Crippen LogP) is 1.82. The third-order valence-electron chi connectivity index (χ3n) is 1.77. The van der Waals surface area contributed by atoms with Crippen molar-refractivity contribution in [2.24, 2.45) is 0 Å². The van der Waals surface area contributed by atoms with E-state index in [1.54, 1.807) is 0 Å². The number of nitrogens with zero attached hydrogens (tertiary/aromatic N) is 2. The van der Waals surface area contributed by atoms with Crippen LogP contribution in [-0.2, 0) is 4.74 Å². The molecule has 0 aromatic carbocycles. The van der Waals surface area contributed by atoms with Crippen LogP contribution in [0.2, 0.25) is 0 Å². The Morgan fingerprint density at radius 1 is 1.62 bits per heavy atom. The zero-order valence-electron chi connectivity index (χ0n) is 8.00. The van der Waals surface area contributed by atoms with Crippen molar-refractivity contribution in [1.82, 2.24) is 4.98 Å². The molecule has 0 N–H and O–H groups in total. The van der Waals surface area contributed by atoms with Crippen molar-refractivity contribution in [3.05, 3.63) is 28.8 Å². The highest BCUT2D eigenvalue weighted by Crippen LogP contribution is 2.24. The van der Waals surface area contributed by atoms with Gasteiger partial charge in [-0.3, -0.25) is 4.98 Å². The van der Waals surface area contributed by atoms with E-state index in [1.807, 2.05) is 0 Å². The van der Waals surface area contributed by atoms with Crippen molar-refractivity contribution in [3.8, 4) is 6.07 Å². The molecule has 0 aliphatic heterocycles. The number of ether oxygens (including phenoxy) is 1. The Kier molecular flexibility index (Phi) is 3.45. The van der Waals surface area contributed by atoms with Crippen molar-refractivity contribution < 1.29 is 22.7 Å². The van der Waals surface area contributed by atoms with Crippen LogP contribution in [0.15, 0.2) is 6.20 Å². The van der Waals surface area contributed by atoms with Gasteiger partial charge in [0.05, 0.1) is 18.9 Å². The number of carbonyl (C=O) groups is 1. The molecular weight excluding hydrogens is 225 g/mol. The molecule has 0 aliphatic carbocycles. The first-order valence-electron chi connectivity index (χ1n) is 3.97. The van der Waals surface area contributed by atoms with Crippen LogP contribution in [0.1, 0.15) is 28.0 Å². The Bertz CT molecular complexity index is 469. The molecule has 0 radical (unpaired) electrons. The minimum atomic E-state index is -3.07. The van der Waals surface area contributed by atoms with Gasteiger partial charge in [0, 0.05) is 0 Å². The number of methoxy groups -OCH3 is 1. The van der Waals surface area contributed by atoms with Gasteiger partial charge in [-0.2, -0.15) is 5.26 Å². The molecule has 0 amide bonds. The van der Waals surface area contributed by atoms with Gasteiger partial charge in [-0.1, -0.05) is 0 Å². The number of alkyl halides is 2. The molecule has 0 saturated carbocycles. The Morgan fingerprint density at radius 3 is 2.69 bits per heavy atom. The van der Waals surface area contributed by atoms with E-state index in [9.17, 15) is 18.0 Å². The summed E-state index contributed by atoms with van der Waals surface area (Å²) in [4.78, 5) is 14.2. The van der Waals surface area contributed by atoms with E-state index in [0.29, 0.717) is 6.20 Å². The third kappa shape index (κ3) is 1.95. The van der Waals surface area contributed by atoms with E-state index in [-0.39, 0.29) is 0 Å². The number of aromatic nitrogens is 1. The van der Waals surface area contributed by atoms with Gasteiger partial charge in [-0.05, 0) is 0 Å². The lowest BCUT2D eigenvalue weighted by Gasteiger charge is -2.07. The molecule has 0 bridgehead atoms. The van der Waals surface area contributed by atoms with Crippen LogP contribution < -0.4 is 0 Å². The molecule has 1 aromatic heterocycles. The average Bonchev–Trinajstić information content (AvgIpc) is 2.26. The minimum absolute atomic E-state index is 0.453. The van der Waals surface area contributed by atoms with E-state index in [1.165, 1.54) is 6.07 Å². The third-order valence-corrected chi connectivity index (χ3v) is 1.77. The second kappa shape index (κ2) is 4.61. The summed E-state index contributed by atoms with van der Waals surface area (Å²) < 4.78 is 42.2.